The van der Waals surface area contributed by atoms with Gasteiger partial charge in [-0.2, -0.15) is 0 Å². The van der Waals surface area contributed by atoms with E-state index in [4.69, 9.17) is 0 Å². The van der Waals surface area contributed by atoms with E-state index in [0.29, 0.717) is 25.2 Å². The van der Waals surface area contributed by atoms with Crippen LogP contribution in [0.4, 0.5) is 0 Å². The first-order valence-electron chi connectivity index (χ1n) is 11.2. The van der Waals surface area contributed by atoms with E-state index in [1.54, 1.807) is 0 Å². The van der Waals surface area contributed by atoms with Crippen LogP contribution < -0.4 is 5.32 Å². The average molecular weight is 387 g/mol. The molecule has 5 nitrogen and oxygen atoms in total. The fraction of sp³-hybridized carbons (Fsp3) is 0.783. The summed E-state index contributed by atoms with van der Waals surface area (Å²) in [4.78, 5) is 40.6. The monoisotopic (exact) mass is 386 g/mol. The van der Waals surface area contributed by atoms with Crippen LogP contribution in [0, 0.1) is 35.5 Å². The van der Waals surface area contributed by atoms with Crippen molar-refractivity contribution >= 4 is 17.7 Å². The molecule has 0 aromatic carbocycles. The highest BCUT2D eigenvalue weighted by molar-refractivity contribution is 6.08. The van der Waals surface area contributed by atoms with Crippen LogP contribution in [-0.4, -0.2) is 34.7 Å². The van der Waals surface area contributed by atoms with Gasteiger partial charge in [0.2, 0.25) is 17.7 Å². The molecule has 2 saturated carbocycles. The van der Waals surface area contributed by atoms with E-state index in [2.05, 4.69) is 12.2 Å². The van der Waals surface area contributed by atoms with E-state index in [1.165, 1.54) is 30.6 Å². The summed E-state index contributed by atoms with van der Waals surface area (Å²) in [6.45, 7) is 6.19. The highest BCUT2D eigenvalue weighted by Gasteiger charge is 2.51. The Morgan fingerprint density at radius 3 is 2.21 bits per heavy atom. The topological polar surface area (TPSA) is 66.5 Å². The minimum atomic E-state index is -0.674. The van der Waals surface area contributed by atoms with Gasteiger partial charge in [-0.3, -0.25) is 19.3 Å². The van der Waals surface area contributed by atoms with Gasteiger partial charge in [-0.05, 0) is 69.1 Å². The first-order valence-corrected chi connectivity index (χ1v) is 11.2. The lowest BCUT2D eigenvalue weighted by molar-refractivity contribution is -0.148. The van der Waals surface area contributed by atoms with Crippen molar-refractivity contribution in [2.45, 2.75) is 77.8 Å². The first-order chi connectivity index (χ1) is 13.4. The molecule has 0 aromatic heterocycles. The zero-order valence-corrected chi connectivity index (χ0v) is 17.4. The Bertz CT molecular complexity index is 659. The summed E-state index contributed by atoms with van der Waals surface area (Å²) in [7, 11) is 0. The van der Waals surface area contributed by atoms with Crippen molar-refractivity contribution in [1.29, 1.82) is 0 Å². The number of nitrogens with zero attached hydrogens (tertiary/aromatic N) is 1. The SMILES string of the molecule is CC(C)CC(C(=O)NC(C)C1CC2CCC1C2)N1C(=O)C2CC=CCC2C1=O. The fourth-order valence-electron chi connectivity index (χ4n) is 6.24. The summed E-state index contributed by atoms with van der Waals surface area (Å²) in [5.41, 5.74) is 0. The molecular formula is C23H34N2O3. The molecule has 5 heteroatoms. The van der Waals surface area contributed by atoms with Crippen LogP contribution in [0.25, 0.3) is 0 Å². The second-order valence-electron chi connectivity index (χ2n) is 9.98. The smallest absolute Gasteiger partial charge is 0.243 e. The van der Waals surface area contributed by atoms with Crippen LogP contribution in [0.2, 0.25) is 0 Å². The molecular weight excluding hydrogens is 352 g/mol. The van der Waals surface area contributed by atoms with Crippen molar-refractivity contribution in [1.82, 2.24) is 10.2 Å². The molecule has 0 spiro atoms. The van der Waals surface area contributed by atoms with Gasteiger partial charge in [-0.15, -0.1) is 0 Å². The molecule has 0 radical (unpaired) electrons. The molecule has 1 N–H and O–H groups in total. The summed E-state index contributed by atoms with van der Waals surface area (Å²) in [6.07, 6.45) is 10.9. The van der Waals surface area contributed by atoms with Crippen molar-refractivity contribution in [3.63, 3.8) is 0 Å². The highest BCUT2D eigenvalue weighted by atomic mass is 16.2. The molecule has 3 amide bonds. The number of rotatable bonds is 6. The fourth-order valence-corrected chi connectivity index (χ4v) is 6.24. The Kier molecular flexibility index (Phi) is 5.36. The number of hydrogen-bond acceptors (Lipinski definition) is 3. The second-order valence-corrected chi connectivity index (χ2v) is 9.98. The maximum Gasteiger partial charge on any atom is 0.243 e. The second kappa shape index (κ2) is 7.64. The third kappa shape index (κ3) is 3.42. The molecule has 7 atom stereocenters. The van der Waals surface area contributed by atoms with Crippen molar-refractivity contribution in [2.75, 3.05) is 0 Å². The Hall–Kier alpha value is -1.65. The molecule has 4 rings (SSSR count). The number of carbonyl (C=O) groups excluding carboxylic acids is 3. The summed E-state index contributed by atoms with van der Waals surface area (Å²) >= 11 is 0. The number of carbonyl (C=O) groups is 3. The van der Waals surface area contributed by atoms with E-state index >= 15 is 0 Å². The predicted molar refractivity (Wildman–Crippen MR) is 107 cm³/mol. The molecule has 1 aliphatic heterocycles. The largest absolute Gasteiger partial charge is 0.352 e. The van der Waals surface area contributed by atoms with Gasteiger partial charge < -0.3 is 5.32 Å². The molecule has 154 valence electrons. The van der Waals surface area contributed by atoms with Gasteiger partial charge in [0.15, 0.2) is 0 Å². The summed E-state index contributed by atoms with van der Waals surface area (Å²) in [5.74, 6) is 1.35. The number of nitrogens with one attached hydrogen (secondary N) is 1. The van der Waals surface area contributed by atoms with Crippen LogP contribution >= 0.6 is 0 Å². The molecule has 7 unspecified atom stereocenters. The number of fused-ring (bicyclic) bond motifs is 3. The molecule has 3 aliphatic carbocycles. The van der Waals surface area contributed by atoms with E-state index in [1.807, 2.05) is 26.0 Å². The summed E-state index contributed by atoms with van der Waals surface area (Å²) < 4.78 is 0. The van der Waals surface area contributed by atoms with Gasteiger partial charge in [0.1, 0.15) is 6.04 Å². The van der Waals surface area contributed by atoms with E-state index in [9.17, 15) is 14.4 Å². The van der Waals surface area contributed by atoms with Gasteiger partial charge in [-0.25, -0.2) is 0 Å². The number of allylic oxidation sites excluding steroid dienone is 2. The molecule has 4 aliphatic rings. The lowest BCUT2D eigenvalue weighted by Gasteiger charge is -2.32. The number of likely N-dealkylation sites (tertiary alicyclic amines) is 1. The van der Waals surface area contributed by atoms with Crippen molar-refractivity contribution in [3.8, 4) is 0 Å². The third-order valence-corrected chi connectivity index (χ3v) is 7.66. The minimum absolute atomic E-state index is 0.106. The zero-order valence-electron chi connectivity index (χ0n) is 17.4. The van der Waals surface area contributed by atoms with E-state index < -0.39 is 6.04 Å². The first kappa shape index (κ1) is 19.7. The zero-order chi connectivity index (χ0) is 20.0. The van der Waals surface area contributed by atoms with Gasteiger partial charge in [0.05, 0.1) is 11.8 Å². The van der Waals surface area contributed by atoms with Gasteiger partial charge >= 0.3 is 0 Å². The Morgan fingerprint density at radius 2 is 1.71 bits per heavy atom. The predicted octanol–water partition coefficient (Wildman–Crippen LogP) is 3.29. The Balaban J connectivity index is 1.48. The lowest BCUT2D eigenvalue weighted by atomic mass is 9.84. The minimum Gasteiger partial charge on any atom is -0.352 e. The summed E-state index contributed by atoms with van der Waals surface area (Å²) in [5, 5.41) is 3.21. The van der Waals surface area contributed by atoms with E-state index in [-0.39, 0.29) is 41.5 Å². The summed E-state index contributed by atoms with van der Waals surface area (Å²) in [6, 6.07) is -0.569. The molecule has 2 bridgehead atoms. The van der Waals surface area contributed by atoms with Gasteiger partial charge in [-0.1, -0.05) is 32.4 Å². The molecule has 0 aromatic rings. The Labute approximate surface area is 168 Å². The van der Waals surface area contributed by atoms with Gasteiger partial charge in [0, 0.05) is 6.04 Å². The maximum absolute atomic E-state index is 13.3. The average Bonchev–Trinajstić information content (AvgIpc) is 3.35. The number of imide groups is 1. The number of hydrogen-bond donors (Lipinski definition) is 1. The van der Waals surface area contributed by atoms with E-state index in [0.717, 1.165) is 11.8 Å². The molecule has 1 saturated heterocycles. The number of amides is 3. The normalized spacial score (nSPS) is 36.1. The van der Waals surface area contributed by atoms with Crippen molar-refractivity contribution in [2.24, 2.45) is 35.5 Å². The third-order valence-electron chi connectivity index (χ3n) is 7.66. The highest BCUT2D eigenvalue weighted by Crippen LogP contribution is 2.49. The molecule has 3 fully saturated rings. The van der Waals surface area contributed by atoms with Crippen molar-refractivity contribution in [3.05, 3.63) is 12.2 Å². The van der Waals surface area contributed by atoms with Crippen LogP contribution in [0.1, 0.15) is 65.7 Å². The lowest BCUT2D eigenvalue weighted by Crippen LogP contribution is -2.53. The maximum atomic E-state index is 13.3. The van der Waals surface area contributed by atoms with Gasteiger partial charge in [0.25, 0.3) is 0 Å². The van der Waals surface area contributed by atoms with Crippen LogP contribution in [-0.2, 0) is 14.4 Å². The molecule has 28 heavy (non-hydrogen) atoms. The van der Waals surface area contributed by atoms with Crippen LogP contribution in [0.15, 0.2) is 12.2 Å². The standard InChI is InChI=1S/C23H34N2O3/c1-13(2)10-20(25-22(27)17-6-4-5-7-18(17)23(25)28)21(26)24-14(3)19-12-15-8-9-16(19)11-15/h4-5,13-20H,6-12H2,1-3H3,(H,24,26). The van der Waals surface area contributed by atoms with Crippen LogP contribution in [0.5, 0.6) is 0 Å². The quantitative estimate of drug-likeness (QED) is 0.563. The van der Waals surface area contributed by atoms with Crippen LogP contribution in [0.3, 0.4) is 0 Å². The van der Waals surface area contributed by atoms with Crippen molar-refractivity contribution < 1.29 is 14.4 Å². The molecule has 1 heterocycles. The Morgan fingerprint density at radius 1 is 1.07 bits per heavy atom.